The predicted molar refractivity (Wildman–Crippen MR) is 41.5 cm³/mol. The Balaban J connectivity index is -0.000000167. The molecule has 0 spiro atoms. The fourth-order valence-corrected chi connectivity index (χ4v) is 1.92. The molecule has 0 unspecified atom stereocenters. The molecule has 0 N–H and O–H groups in total. The van der Waals surface area contributed by atoms with Crippen LogP contribution in [0.2, 0.25) is 0 Å². The standard InChI is InChI=1S/C10H6O10.6K/c11-4(12)3-1-2-9(5(13)14,6(15)16)10(3,7(17)18)8(19)20;;;;;;/h2H,(H,11,12)(H,13,14)(H,15,16)(H,17,18)(H,19,20);;;;;;/q;6*+1/p-5. The monoisotopic (exact) mass is 515 g/mol. The van der Waals surface area contributed by atoms with Crippen LogP contribution in [-0.2, 0) is 24.0 Å². The summed E-state index contributed by atoms with van der Waals surface area (Å²) in [6, 6.07) is 0. The maximum atomic E-state index is 11.0. The van der Waals surface area contributed by atoms with Crippen LogP contribution in [0.5, 0.6) is 0 Å². The van der Waals surface area contributed by atoms with Crippen LogP contribution in [0.3, 0.4) is 0 Å². The van der Waals surface area contributed by atoms with Crippen molar-refractivity contribution in [2.45, 2.75) is 0 Å². The maximum absolute atomic E-state index is 11.0. The zero-order chi connectivity index (χ0) is 15.9. The molecule has 0 bridgehead atoms. The first-order valence-corrected chi connectivity index (χ1v) is 4.62. The van der Waals surface area contributed by atoms with Gasteiger partial charge < -0.3 is 49.5 Å². The Bertz CT molecular complexity index is 610. The summed E-state index contributed by atoms with van der Waals surface area (Å²) in [6.45, 7) is 0. The third-order valence-corrected chi connectivity index (χ3v) is 2.86. The average molecular weight is 516 g/mol. The smallest absolute Gasteiger partial charge is 0.549 e. The van der Waals surface area contributed by atoms with Crippen LogP contribution < -0.4 is 334 Å². The molecule has 0 fully saturated rings. The van der Waals surface area contributed by atoms with Gasteiger partial charge in [-0.05, 0) is 6.08 Å². The second kappa shape index (κ2) is 19.9. The van der Waals surface area contributed by atoms with Gasteiger partial charge in [-0.25, -0.2) is 0 Å². The third kappa shape index (κ3) is 8.72. The van der Waals surface area contributed by atoms with Gasteiger partial charge in [0.05, 0.1) is 35.3 Å². The first-order valence-electron chi connectivity index (χ1n) is 4.62. The molecule has 26 heavy (non-hydrogen) atoms. The third-order valence-electron chi connectivity index (χ3n) is 2.86. The quantitative estimate of drug-likeness (QED) is 0.192. The van der Waals surface area contributed by atoms with Crippen molar-refractivity contribution < 1.29 is 358 Å². The average Bonchev–Trinajstić information content (AvgIpc) is 2.65. The van der Waals surface area contributed by atoms with Crippen LogP contribution in [0, 0.1) is 10.8 Å². The van der Waals surface area contributed by atoms with Gasteiger partial charge in [-0.15, -0.1) is 5.73 Å². The summed E-state index contributed by atoms with van der Waals surface area (Å²) in [5.74, 6) is -13.7. The van der Waals surface area contributed by atoms with Crippen molar-refractivity contribution in [2.24, 2.45) is 10.8 Å². The Morgan fingerprint density at radius 1 is 0.654 bits per heavy atom. The molecule has 1 rings (SSSR count). The zero-order valence-corrected chi connectivity index (χ0v) is 33.9. The molecule has 0 aromatic carbocycles. The predicted octanol–water partition coefficient (Wildman–Crippen LogP) is -26.2. The number of carbonyl (C=O) groups excluding carboxylic acids is 5. The summed E-state index contributed by atoms with van der Waals surface area (Å²) in [5, 5.41) is 54.6. The fourth-order valence-electron chi connectivity index (χ4n) is 1.92. The van der Waals surface area contributed by atoms with Gasteiger partial charge in [0, 0.05) is 5.57 Å². The minimum Gasteiger partial charge on any atom is -0.549 e. The van der Waals surface area contributed by atoms with Gasteiger partial charge >= 0.3 is 308 Å². The summed E-state index contributed by atoms with van der Waals surface area (Å²) in [6.07, 6.45) is -0.131. The molecule has 0 radical (unpaired) electrons. The van der Waals surface area contributed by atoms with Crippen molar-refractivity contribution in [1.29, 1.82) is 0 Å². The number of aliphatic carboxylic acids is 5. The summed E-state index contributed by atoms with van der Waals surface area (Å²) in [7, 11) is 0. The molecule has 0 heterocycles. The molecule has 0 saturated carbocycles. The second-order valence-corrected chi connectivity index (χ2v) is 3.66. The first-order chi connectivity index (χ1) is 9.06. The molecule has 1 aliphatic rings. The normalized spacial score (nSPS) is 13.9. The van der Waals surface area contributed by atoms with Crippen molar-refractivity contribution in [3.8, 4) is 0 Å². The Hall–Kier alpha value is 6.69. The van der Waals surface area contributed by atoms with E-state index in [4.69, 9.17) is 0 Å². The molecule has 0 amide bonds. The van der Waals surface area contributed by atoms with E-state index in [2.05, 4.69) is 0 Å². The van der Waals surface area contributed by atoms with E-state index < -0.39 is 46.2 Å². The van der Waals surface area contributed by atoms with Gasteiger partial charge in [0.15, 0.2) is 0 Å². The number of hydrogen-bond acceptors (Lipinski definition) is 10. The summed E-state index contributed by atoms with van der Waals surface area (Å²) in [4.78, 5) is 54.6. The van der Waals surface area contributed by atoms with E-state index in [0.717, 1.165) is 0 Å². The van der Waals surface area contributed by atoms with Gasteiger partial charge in [0.25, 0.3) is 0 Å². The number of hydrogen-bond donors (Lipinski definition) is 0. The van der Waals surface area contributed by atoms with Gasteiger partial charge in [-0.1, -0.05) is 0 Å². The first kappa shape index (κ1) is 46.1. The van der Waals surface area contributed by atoms with Crippen LogP contribution in [-0.4, -0.2) is 29.8 Å². The van der Waals surface area contributed by atoms with Gasteiger partial charge in [-0.2, -0.15) is 0 Å². The van der Waals surface area contributed by atoms with Gasteiger partial charge in [0.2, 0.25) is 0 Å². The molecular formula is C10HK6O10+. The molecule has 1 aliphatic carbocycles. The topological polar surface area (TPSA) is 201 Å². The summed E-state index contributed by atoms with van der Waals surface area (Å²) >= 11 is 0. The van der Waals surface area contributed by atoms with Crippen LogP contribution in [0.4, 0.5) is 0 Å². The summed E-state index contributed by atoms with van der Waals surface area (Å²) in [5.41, 5.74) is -8.43. The van der Waals surface area contributed by atoms with Crippen molar-refractivity contribution in [3.05, 3.63) is 17.4 Å². The Morgan fingerprint density at radius 2 is 0.962 bits per heavy atom. The minimum atomic E-state index is -4.14. The number of carboxylic acids is 5. The van der Waals surface area contributed by atoms with Crippen LogP contribution in [0.15, 0.2) is 17.4 Å². The Kier molecular flexibility index (Phi) is 35.3. The van der Waals surface area contributed by atoms with Crippen LogP contribution in [0.25, 0.3) is 0 Å². The van der Waals surface area contributed by atoms with E-state index in [-0.39, 0.29) is 314 Å². The van der Waals surface area contributed by atoms with Crippen molar-refractivity contribution >= 4 is 29.8 Å². The molecule has 0 atom stereocenters. The molecular weight excluding hydrogens is 515 g/mol. The fraction of sp³-hybridized carbons (Fsp3) is 0.200. The van der Waals surface area contributed by atoms with Gasteiger partial charge in [0.1, 0.15) is 5.41 Å². The largest absolute Gasteiger partial charge is 1.00 e. The van der Waals surface area contributed by atoms with Crippen molar-refractivity contribution in [3.63, 3.8) is 0 Å². The molecule has 106 valence electrons. The van der Waals surface area contributed by atoms with E-state index in [1.165, 1.54) is 5.73 Å². The van der Waals surface area contributed by atoms with E-state index in [1.807, 2.05) is 0 Å². The second-order valence-electron chi connectivity index (χ2n) is 3.66. The molecule has 0 aromatic rings. The Morgan fingerprint density at radius 3 is 1.15 bits per heavy atom. The van der Waals surface area contributed by atoms with E-state index in [0.29, 0.717) is 0 Å². The molecule has 0 saturated heterocycles. The molecule has 10 nitrogen and oxygen atoms in total. The van der Waals surface area contributed by atoms with Gasteiger partial charge in [-0.3, -0.25) is 0 Å². The van der Waals surface area contributed by atoms with Crippen LogP contribution in [0.1, 0.15) is 0 Å². The van der Waals surface area contributed by atoms with Crippen LogP contribution >= 0.6 is 0 Å². The number of carbonyl (C=O) groups is 5. The van der Waals surface area contributed by atoms with E-state index in [1.54, 1.807) is 0 Å². The molecule has 0 aliphatic heterocycles. The Labute approximate surface area is 402 Å². The molecule has 0 aromatic heterocycles. The van der Waals surface area contributed by atoms with Crippen molar-refractivity contribution in [1.82, 2.24) is 0 Å². The maximum Gasteiger partial charge on any atom is 1.00 e. The summed E-state index contributed by atoms with van der Waals surface area (Å²) < 4.78 is 0. The van der Waals surface area contributed by atoms with Crippen molar-refractivity contribution in [2.75, 3.05) is 0 Å². The molecule has 16 heteroatoms. The SMILES string of the molecule is O=C([O-])C1=C=CC(C(=O)[O-])(C(=O)[O-])C1(C(=O)[O-])C(=O)[O-].[K+].[K+].[K+].[K+].[K+].[K+]. The van der Waals surface area contributed by atoms with E-state index >= 15 is 0 Å². The zero-order valence-electron chi connectivity index (χ0n) is 15.2. The minimum absolute atomic E-state index is 0. The number of carboxylic acid groups (broad SMARTS) is 5. The van der Waals surface area contributed by atoms with E-state index in [9.17, 15) is 49.5 Å². The number of rotatable bonds is 5.